The van der Waals surface area contributed by atoms with Gasteiger partial charge in [0.05, 0.1) is 0 Å². The average Bonchev–Trinajstić information content (AvgIpc) is 2.72. The van der Waals surface area contributed by atoms with Crippen molar-refractivity contribution in [2.45, 2.75) is 26.7 Å². The fraction of sp³-hybridized carbons (Fsp3) is 0.154. The van der Waals surface area contributed by atoms with Crippen molar-refractivity contribution in [1.82, 2.24) is 0 Å². The summed E-state index contributed by atoms with van der Waals surface area (Å²) in [5.74, 6) is 0. The summed E-state index contributed by atoms with van der Waals surface area (Å²) in [5.41, 5.74) is 7.90. The van der Waals surface area contributed by atoms with Crippen LogP contribution in [0.2, 0.25) is 0 Å². The Hall–Kier alpha value is -2.86. The number of hydrogen-bond donors (Lipinski definition) is 0. The molecule has 0 amide bonds. The molecule has 3 aromatic carbocycles. The van der Waals surface area contributed by atoms with Crippen molar-refractivity contribution in [1.29, 1.82) is 0 Å². The molecule has 0 radical (unpaired) electrons. The molecule has 0 atom stereocenters. The fourth-order valence-corrected chi connectivity index (χ4v) is 3.15. The van der Waals surface area contributed by atoms with E-state index in [4.69, 9.17) is 0 Å². The van der Waals surface area contributed by atoms with Crippen molar-refractivity contribution in [3.8, 4) is 0 Å². The Labute approximate surface area is 157 Å². The van der Waals surface area contributed by atoms with Gasteiger partial charge < -0.3 is 0 Å². The number of aryl methyl sites for hydroxylation is 2. The Balaban J connectivity index is 1.93. The van der Waals surface area contributed by atoms with Gasteiger partial charge in [-0.3, -0.25) is 0 Å². The Morgan fingerprint density at radius 2 is 0.923 bits per heavy atom. The van der Waals surface area contributed by atoms with E-state index in [9.17, 15) is 0 Å². The lowest BCUT2D eigenvalue weighted by atomic mass is 9.94. The summed E-state index contributed by atoms with van der Waals surface area (Å²) in [5, 5.41) is 0. The Kier molecular flexibility index (Phi) is 6.22. The molecular weight excluding hydrogens is 312 g/mol. The first-order valence-corrected chi connectivity index (χ1v) is 9.42. The SMILES string of the molecule is CCc1cc(/C=C/c2ccccc2)c(CC)cc1/C=C/c1ccccc1. The minimum Gasteiger partial charge on any atom is -0.0622 e. The third-order valence-electron chi connectivity index (χ3n) is 4.67. The maximum Gasteiger partial charge on any atom is -0.0221 e. The number of benzene rings is 3. The molecule has 0 aromatic heterocycles. The van der Waals surface area contributed by atoms with Crippen LogP contribution in [0.25, 0.3) is 24.3 Å². The number of hydrogen-bond acceptors (Lipinski definition) is 0. The highest BCUT2D eigenvalue weighted by Gasteiger charge is 2.05. The summed E-state index contributed by atoms with van der Waals surface area (Å²) < 4.78 is 0. The predicted octanol–water partition coefficient (Wildman–Crippen LogP) is 7.15. The van der Waals surface area contributed by atoms with Crippen LogP contribution in [0, 0.1) is 0 Å². The van der Waals surface area contributed by atoms with Crippen LogP contribution in [0.4, 0.5) is 0 Å². The molecule has 0 bridgehead atoms. The van der Waals surface area contributed by atoms with E-state index in [-0.39, 0.29) is 0 Å². The minimum atomic E-state index is 1.03. The van der Waals surface area contributed by atoms with Crippen molar-refractivity contribution in [3.63, 3.8) is 0 Å². The van der Waals surface area contributed by atoms with E-state index in [2.05, 4.69) is 111 Å². The zero-order valence-corrected chi connectivity index (χ0v) is 15.7. The summed E-state index contributed by atoms with van der Waals surface area (Å²) in [6.07, 6.45) is 11.0. The van der Waals surface area contributed by atoms with E-state index in [1.54, 1.807) is 0 Å². The summed E-state index contributed by atoms with van der Waals surface area (Å²) in [7, 11) is 0. The van der Waals surface area contributed by atoms with Crippen LogP contribution in [0.5, 0.6) is 0 Å². The topological polar surface area (TPSA) is 0 Å². The Morgan fingerprint density at radius 1 is 0.538 bits per heavy atom. The van der Waals surface area contributed by atoms with Crippen molar-refractivity contribution >= 4 is 24.3 Å². The molecule has 0 saturated carbocycles. The van der Waals surface area contributed by atoms with Gasteiger partial charge in [-0.25, -0.2) is 0 Å². The van der Waals surface area contributed by atoms with Crippen LogP contribution in [0.15, 0.2) is 72.8 Å². The first-order valence-electron chi connectivity index (χ1n) is 9.42. The van der Waals surface area contributed by atoms with E-state index < -0.39 is 0 Å². The van der Waals surface area contributed by atoms with E-state index >= 15 is 0 Å². The standard InChI is InChI=1S/C26H26/c1-3-23-19-26(18-16-22-13-9-6-10-14-22)24(4-2)20-25(23)17-15-21-11-7-5-8-12-21/h5-20H,3-4H2,1-2H3/b17-15+,18-16+. The van der Waals surface area contributed by atoms with E-state index in [1.165, 1.54) is 33.4 Å². The lowest BCUT2D eigenvalue weighted by Crippen LogP contribution is -1.94. The first kappa shape index (κ1) is 17.9. The second-order valence-corrected chi connectivity index (χ2v) is 6.44. The molecular formula is C26H26. The molecule has 3 rings (SSSR count). The zero-order chi connectivity index (χ0) is 18.2. The van der Waals surface area contributed by atoms with Gasteiger partial charge in [0.25, 0.3) is 0 Å². The van der Waals surface area contributed by atoms with Crippen LogP contribution in [-0.2, 0) is 12.8 Å². The Bertz CT molecular complexity index is 807. The van der Waals surface area contributed by atoms with Crippen LogP contribution < -0.4 is 0 Å². The summed E-state index contributed by atoms with van der Waals surface area (Å²) in [6, 6.07) is 25.7. The van der Waals surface area contributed by atoms with Gasteiger partial charge in [-0.2, -0.15) is 0 Å². The normalized spacial score (nSPS) is 11.5. The highest BCUT2D eigenvalue weighted by molar-refractivity contribution is 5.76. The smallest absolute Gasteiger partial charge is 0.0221 e. The van der Waals surface area contributed by atoms with Gasteiger partial charge in [-0.1, -0.05) is 111 Å². The molecule has 26 heavy (non-hydrogen) atoms. The van der Waals surface area contributed by atoms with Crippen molar-refractivity contribution in [2.75, 3.05) is 0 Å². The maximum atomic E-state index is 2.35. The second kappa shape index (κ2) is 9.01. The molecule has 0 fully saturated rings. The molecule has 0 nitrogen and oxygen atoms in total. The molecule has 0 heteroatoms. The van der Waals surface area contributed by atoms with Crippen LogP contribution in [0.1, 0.15) is 47.2 Å². The first-order chi connectivity index (χ1) is 12.8. The van der Waals surface area contributed by atoms with Gasteiger partial charge in [0, 0.05) is 0 Å². The molecule has 3 aromatic rings. The molecule has 0 unspecified atom stereocenters. The molecule has 0 saturated heterocycles. The average molecular weight is 338 g/mol. The minimum absolute atomic E-state index is 1.03. The van der Waals surface area contributed by atoms with Crippen LogP contribution in [0.3, 0.4) is 0 Å². The van der Waals surface area contributed by atoms with Crippen molar-refractivity contribution < 1.29 is 0 Å². The molecule has 0 heterocycles. The van der Waals surface area contributed by atoms with Crippen LogP contribution in [-0.4, -0.2) is 0 Å². The fourth-order valence-electron chi connectivity index (χ4n) is 3.15. The summed E-state index contributed by atoms with van der Waals surface area (Å²) in [4.78, 5) is 0. The third-order valence-corrected chi connectivity index (χ3v) is 4.67. The van der Waals surface area contributed by atoms with E-state index in [1.807, 2.05) is 0 Å². The monoisotopic (exact) mass is 338 g/mol. The highest BCUT2D eigenvalue weighted by atomic mass is 14.1. The van der Waals surface area contributed by atoms with E-state index in [0.717, 1.165) is 12.8 Å². The van der Waals surface area contributed by atoms with Gasteiger partial charge in [0.15, 0.2) is 0 Å². The van der Waals surface area contributed by atoms with Crippen molar-refractivity contribution in [2.24, 2.45) is 0 Å². The maximum absolute atomic E-state index is 2.35. The molecule has 0 aliphatic heterocycles. The summed E-state index contributed by atoms with van der Waals surface area (Å²) >= 11 is 0. The molecule has 130 valence electrons. The molecule has 0 spiro atoms. The quantitative estimate of drug-likeness (QED) is 0.418. The lowest BCUT2D eigenvalue weighted by Gasteiger charge is -2.11. The largest absolute Gasteiger partial charge is 0.0622 e. The lowest BCUT2D eigenvalue weighted by molar-refractivity contribution is 1.09. The van der Waals surface area contributed by atoms with E-state index in [0.29, 0.717) is 0 Å². The zero-order valence-electron chi connectivity index (χ0n) is 15.7. The van der Waals surface area contributed by atoms with Gasteiger partial charge >= 0.3 is 0 Å². The second-order valence-electron chi connectivity index (χ2n) is 6.44. The highest BCUT2D eigenvalue weighted by Crippen LogP contribution is 2.23. The molecule has 0 aliphatic rings. The Morgan fingerprint density at radius 3 is 1.27 bits per heavy atom. The van der Waals surface area contributed by atoms with Crippen LogP contribution >= 0.6 is 0 Å². The molecule has 0 N–H and O–H groups in total. The third kappa shape index (κ3) is 4.61. The van der Waals surface area contributed by atoms with Gasteiger partial charge in [0.2, 0.25) is 0 Å². The predicted molar refractivity (Wildman–Crippen MR) is 116 cm³/mol. The van der Waals surface area contributed by atoms with Gasteiger partial charge in [-0.05, 0) is 46.2 Å². The number of rotatable bonds is 6. The van der Waals surface area contributed by atoms with Crippen molar-refractivity contribution in [3.05, 3.63) is 106 Å². The van der Waals surface area contributed by atoms with Gasteiger partial charge in [-0.15, -0.1) is 0 Å². The summed E-state index contributed by atoms with van der Waals surface area (Å²) in [6.45, 7) is 4.46. The molecule has 0 aliphatic carbocycles. The van der Waals surface area contributed by atoms with Gasteiger partial charge in [0.1, 0.15) is 0 Å².